The Morgan fingerprint density at radius 1 is 1.12 bits per heavy atom. The Labute approximate surface area is 141 Å². The van der Waals surface area contributed by atoms with Crippen LogP contribution in [-0.4, -0.2) is 30.8 Å². The third-order valence-electron chi connectivity index (χ3n) is 4.46. The molecule has 0 amide bonds. The minimum Gasteiger partial charge on any atom is -0.314 e. The van der Waals surface area contributed by atoms with Gasteiger partial charge in [-0.3, -0.25) is 0 Å². The van der Waals surface area contributed by atoms with Crippen LogP contribution >= 0.6 is 0 Å². The van der Waals surface area contributed by atoms with Crippen LogP contribution in [0, 0.1) is 6.92 Å². The molecular weight excluding hydrogens is 300 g/mol. The molecule has 1 N–H and O–H groups in total. The van der Waals surface area contributed by atoms with Gasteiger partial charge in [0.25, 0.3) is 0 Å². The molecule has 122 valence electrons. The van der Waals surface area contributed by atoms with Gasteiger partial charge in [0, 0.05) is 49.1 Å². The van der Waals surface area contributed by atoms with Gasteiger partial charge in [0.2, 0.25) is 0 Å². The zero-order valence-electron chi connectivity index (χ0n) is 13.7. The molecule has 1 aromatic carbocycles. The van der Waals surface area contributed by atoms with E-state index >= 15 is 0 Å². The highest BCUT2D eigenvalue weighted by Gasteiger charge is 2.20. The number of hydrogen-bond donors (Lipinski definition) is 1. The molecule has 6 nitrogen and oxygen atoms in total. The van der Waals surface area contributed by atoms with Crippen molar-refractivity contribution in [2.75, 3.05) is 0 Å². The summed E-state index contributed by atoms with van der Waals surface area (Å²) in [5, 5.41) is 12.0. The average molecular weight is 320 g/mol. The molecule has 3 aromatic rings. The lowest BCUT2D eigenvalue weighted by Gasteiger charge is -2.25. The SMILES string of the molecule is Cc1nnc2n1CC(NCc1cnc(-c3ccccc3)nc1)CC2. The molecule has 4 rings (SSSR count). The Morgan fingerprint density at radius 3 is 2.71 bits per heavy atom. The molecule has 1 aliphatic heterocycles. The molecule has 24 heavy (non-hydrogen) atoms. The summed E-state index contributed by atoms with van der Waals surface area (Å²) in [6.07, 6.45) is 5.87. The summed E-state index contributed by atoms with van der Waals surface area (Å²) < 4.78 is 2.20. The summed E-state index contributed by atoms with van der Waals surface area (Å²) >= 11 is 0. The van der Waals surface area contributed by atoms with Crippen LogP contribution in [0.25, 0.3) is 11.4 Å². The molecule has 1 aliphatic rings. The molecule has 0 radical (unpaired) electrons. The van der Waals surface area contributed by atoms with Crippen molar-refractivity contribution in [1.29, 1.82) is 0 Å². The number of fused-ring (bicyclic) bond motifs is 1. The van der Waals surface area contributed by atoms with E-state index in [2.05, 4.69) is 30.0 Å². The molecule has 0 saturated carbocycles. The van der Waals surface area contributed by atoms with Gasteiger partial charge in [-0.15, -0.1) is 10.2 Å². The molecule has 1 atom stereocenters. The largest absolute Gasteiger partial charge is 0.314 e. The molecule has 0 saturated heterocycles. The summed E-state index contributed by atoms with van der Waals surface area (Å²) in [7, 11) is 0. The fourth-order valence-corrected chi connectivity index (χ4v) is 3.07. The smallest absolute Gasteiger partial charge is 0.159 e. The maximum absolute atomic E-state index is 4.48. The summed E-state index contributed by atoms with van der Waals surface area (Å²) in [6, 6.07) is 10.5. The van der Waals surface area contributed by atoms with Gasteiger partial charge in [-0.2, -0.15) is 0 Å². The number of hydrogen-bond acceptors (Lipinski definition) is 5. The van der Waals surface area contributed by atoms with Gasteiger partial charge in [-0.25, -0.2) is 9.97 Å². The summed E-state index contributed by atoms with van der Waals surface area (Å²) in [6.45, 7) is 3.71. The lowest BCUT2D eigenvalue weighted by Crippen LogP contribution is -2.37. The first-order chi connectivity index (χ1) is 11.8. The Hall–Kier alpha value is -2.60. The number of aryl methyl sites for hydroxylation is 2. The van der Waals surface area contributed by atoms with Crippen LogP contribution < -0.4 is 5.32 Å². The van der Waals surface area contributed by atoms with E-state index in [1.54, 1.807) is 0 Å². The fraction of sp³-hybridized carbons (Fsp3) is 0.333. The van der Waals surface area contributed by atoms with Crippen molar-refractivity contribution in [2.45, 2.75) is 38.9 Å². The molecule has 0 aliphatic carbocycles. The van der Waals surface area contributed by atoms with Crippen LogP contribution in [0.15, 0.2) is 42.7 Å². The molecular formula is C18H20N6. The number of benzene rings is 1. The second-order valence-electron chi connectivity index (χ2n) is 6.17. The van der Waals surface area contributed by atoms with Crippen LogP contribution in [0.4, 0.5) is 0 Å². The highest BCUT2D eigenvalue weighted by molar-refractivity contribution is 5.53. The zero-order chi connectivity index (χ0) is 16.4. The number of nitrogens with zero attached hydrogens (tertiary/aromatic N) is 5. The van der Waals surface area contributed by atoms with Crippen LogP contribution in [0.5, 0.6) is 0 Å². The summed E-state index contributed by atoms with van der Waals surface area (Å²) in [5.74, 6) is 2.86. The van der Waals surface area contributed by atoms with Crippen molar-refractivity contribution in [1.82, 2.24) is 30.0 Å². The van der Waals surface area contributed by atoms with Crippen LogP contribution in [0.1, 0.15) is 23.6 Å². The van der Waals surface area contributed by atoms with E-state index in [0.29, 0.717) is 6.04 Å². The number of aromatic nitrogens is 5. The van der Waals surface area contributed by atoms with Gasteiger partial charge in [-0.1, -0.05) is 30.3 Å². The quantitative estimate of drug-likeness (QED) is 0.798. The van der Waals surface area contributed by atoms with E-state index in [0.717, 1.165) is 54.5 Å². The van der Waals surface area contributed by atoms with Crippen LogP contribution in [-0.2, 0) is 19.5 Å². The van der Waals surface area contributed by atoms with Crippen molar-refractivity contribution >= 4 is 0 Å². The zero-order valence-corrected chi connectivity index (χ0v) is 13.7. The molecule has 0 spiro atoms. The standard InChI is InChI=1S/C18H20N6/c1-13-22-23-17-8-7-16(12-24(13)17)19-9-14-10-20-18(21-11-14)15-5-3-2-4-6-15/h2-6,10-11,16,19H,7-9,12H2,1H3. The van der Waals surface area contributed by atoms with Gasteiger partial charge in [0.15, 0.2) is 5.82 Å². The van der Waals surface area contributed by atoms with Crippen molar-refractivity contribution < 1.29 is 0 Å². The fourth-order valence-electron chi connectivity index (χ4n) is 3.07. The third-order valence-corrected chi connectivity index (χ3v) is 4.46. The summed E-state index contributed by atoms with van der Waals surface area (Å²) in [4.78, 5) is 8.96. The van der Waals surface area contributed by atoms with Crippen molar-refractivity contribution in [3.63, 3.8) is 0 Å². The molecule has 0 fully saturated rings. The molecule has 2 aromatic heterocycles. The van der Waals surface area contributed by atoms with Gasteiger partial charge >= 0.3 is 0 Å². The first-order valence-electron chi connectivity index (χ1n) is 8.28. The van der Waals surface area contributed by atoms with E-state index in [1.807, 2.05) is 49.6 Å². The maximum Gasteiger partial charge on any atom is 0.159 e. The van der Waals surface area contributed by atoms with Crippen LogP contribution in [0.3, 0.4) is 0 Å². The number of rotatable bonds is 4. The maximum atomic E-state index is 4.48. The minimum atomic E-state index is 0.431. The average Bonchev–Trinajstić information content (AvgIpc) is 3.02. The van der Waals surface area contributed by atoms with Gasteiger partial charge in [0.1, 0.15) is 11.6 Å². The van der Waals surface area contributed by atoms with E-state index in [9.17, 15) is 0 Å². The molecule has 0 bridgehead atoms. The second kappa shape index (κ2) is 6.49. The Balaban J connectivity index is 1.38. The predicted molar refractivity (Wildman–Crippen MR) is 91.2 cm³/mol. The van der Waals surface area contributed by atoms with E-state index in [4.69, 9.17) is 0 Å². The molecule has 3 heterocycles. The van der Waals surface area contributed by atoms with Gasteiger partial charge < -0.3 is 9.88 Å². The summed E-state index contributed by atoms with van der Waals surface area (Å²) in [5.41, 5.74) is 2.14. The minimum absolute atomic E-state index is 0.431. The molecule has 6 heteroatoms. The first-order valence-corrected chi connectivity index (χ1v) is 8.28. The van der Waals surface area contributed by atoms with E-state index in [1.165, 1.54) is 0 Å². The second-order valence-corrected chi connectivity index (χ2v) is 6.17. The molecule has 1 unspecified atom stereocenters. The van der Waals surface area contributed by atoms with Gasteiger partial charge in [0.05, 0.1) is 0 Å². The van der Waals surface area contributed by atoms with Gasteiger partial charge in [-0.05, 0) is 13.3 Å². The lowest BCUT2D eigenvalue weighted by atomic mass is 10.1. The van der Waals surface area contributed by atoms with E-state index in [-0.39, 0.29) is 0 Å². The third kappa shape index (κ3) is 3.05. The van der Waals surface area contributed by atoms with E-state index < -0.39 is 0 Å². The Morgan fingerprint density at radius 2 is 1.92 bits per heavy atom. The Bertz CT molecular complexity index is 809. The lowest BCUT2D eigenvalue weighted by molar-refractivity contribution is 0.375. The highest BCUT2D eigenvalue weighted by Crippen LogP contribution is 2.16. The van der Waals surface area contributed by atoms with Crippen molar-refractivity contribution in [3.8, 4) is 11.4 Å². The predicted octanol–water partition coefficient (Wildman–Crippen LogP) is 2.15. The van der Waals surface area contributed by atoms with Crippen molar-refractivity contribution in [3.05, 3.63) is 59.9 Å². The topological polar surface area (TPSA) is 68.5 Å². The monoisotopic (exact) mass is 320 g/mol. The van der Waals surface area contributed by atoms with Crippen LogP contribution in [0.2, 0.25) is 0 Å². The normalized spacial score (nSPS) is 16.8. The van der Waals surface area contributed by atoms with Crippen molar-refractivity contribution in [2.24, 2.45) is 0 Å². The first kappa shape index (κ1) is 15.0. The Kier molecular flexibility index (Phi) is 4.04. The number of nitrogens with one attached hydrogen (secondary N) is 1. The highest BCUT2D eigenvalue weighted by atomic mass is 15.3.